The molecule has 0 aliphatic heterocycles. The van der Waals surface area contributed by atoms with Crippen LogP contribution in [0.2, 0.25) is 0 Å². The Kier molecular flexibility index (Phi) is 4.83. The number of methoxy groups -OCH3 is 2. The third-order valence-electron chi connectivity index (χ3n) is 3.04. The first-order valence-corrected chi connectivity index (χ1v) is 6.79. The molecule has 6 nitrogen and oxygen atoms in total. The van der Waals surface area contributed by atoms with E-state index in [1.165, 1.54) is 0 Å². The van der Waals surface area contributed by atoms with Crippen molar-refractivity contribution in [2.75, 3.05) is 19.6 Å². The number of benzene rings is 1. The first-order chi connectivity index (χ1) is 10.5. The highest BCUT2D eigenvalue weighted by Crippen LogP contribution is 2.28. The van der Waals surface area contributed by atoms with Gasteiger partial charge in [0.15, 0.2) is 0 Å². The fraction of sp³-hybridized carbons (Fsp3) is 0.250. The summed E-state index contributed by atoms with van der Waals surface area (Å²) in [6, 6.07) is 7.43. The molecule has 0 fully saturated rings. The van der Waals surface area contributed by atoms with Gasteiger partial charge in [0.25, 0.3) is 0 Å². The van der Waals surface area contributed by atoms with Crippen molar-refractivity contribution in [3.05, 3.63) is 47.8 Å². The van der Waals surface area contributed by atoms with Crippen LogP contribution < -0.4 is 20.3 Å². The van der Waals surface area contributed by atoms with Crippen molar-refractivity contribution in [1.82, 2.24) is 15.4 Å². The second-order valence-corrected chi connectivity index (χ2v) is 4.77. The Morgan fingerprint density at radius 2 is 1.73 bits per heavy atom. The van der Waals surface area contributed by atoms with E-state index in [2.05, 4.69) is 27.4 Å². The van der Waals surface area contributed by atoms with Crippen LogP contribution in [0, 0.1) is 13.8 Å². The number of aromatic nitrogens is 2. The van der Waals surface area contributed by atoms with Gasteiger partial charge in [0.1, 0.15) is 11.5 Å². The van der Waals surface area contributed by atoms with E-state index in [4.69, 9.17) is 9.47 Å². The minimum atomic E-state index is 0.492. The molecule has 2 N–H and O–H groups in total. The summed E-state index contributed by atoms with van der Waals surface area (Å²) in [5.41, 5.74) is 9.18. The Morgan fingerprint density at radius 1 is 1.05 bits per heavy atom. The van der Waals surface area contributed by atoms with Gasteiger partial charge < -0.3 is 9.47 Å². The largest absolute Gasteiger partial charge is 0.497 e. The van der Waals surface area contributed by atoms with Crippen LogP contribution in [0.1, 0.15) is 17.0 Å². The molecule has 22 heavy (non-hydrogen) atoms. The number of ether oxygens (including phenoxy) is 2. The molecule has 0 spiro atoms. The molecule has 0 unspecified atom stereocenters. The Balaban J connectivity index is 2.12. The molecule has 0 amide bonds. The third-order valence-corrected chi connectivity index (χ3v) is 3.04. The van der Waals surface area contributed by atoms with Gasteiger partial charge in [0.05, 0.1) is 19.9 Å². The van der Waals surface area contributed by atoms with Crippen LogP contribution in [0.4, 0.5) is 5.95 Å². The highest BCUT2D eigenvalue weighted by Gasteiger charge is 2.09. The highest BCUT2D eigenvalue weighted by atomic mass is 16.5. The normalized spacial score (nSPS) is 10.0. The average molecular weight is 300 g/mol. The number of aryl methyl sites for hydroxylation is 2. The summed E-state index contributed by atoms with van der Waals surface area (Å²) in [4.78, 5) is 8.59. The molecule has 0 bridgehead atoms. The summed E-state index contributed by atoms with van der Waals surface area (Å²) in [6.07, 6.45) is 0. The Morgan fingerprint density at radius 3 is 2.32 bits per heavy atom. The molecule has 2 aromatic rings. The van der Waals surface area contributed by atoms with Gasteiger partial charge in [-0.15, -0.1) is 0 Å². The first-order valence-electron chi connectivity index (χ1n) is 6.79. The lowest BCUT2D eigenvalue weighted by atomic mass is 10.1. The Hall–Kier alpha value is -2.76. The van der Waals surface area contributed by atoms with Gasteiger partial charge in [-0.25, -0.2) is 9.97 Å². The zero-order valence-corrected chi connectivity index (χ0v) is 13.2. The summed E-state index contributed by atoms with van der Waals surface area (Å²) in [7, 11) is 3.21. The third kappa shape index (κ3) is 3.66. The van der Waals surface area contributed by atoms with E-state index in [0.717, 1.165) is 22.7 Å². The zero-order valence-electron chi connectivity index (χ0n) is 13.2. The molecule has 1 aromatic heterocycles. The van der Waals surface area contributed by atoms with Crippen LogP contribution in [0.25, 0.3) is 5.70 Å². The van der Waals surface area contributed by atoms with Crippen LogP contribution >= 0.6 is 0 Å². The van der Waals surface area contributed by atoms with Gasteiger partial charge in [0, 0.05) is 23.0 Å². The molecule has 0 atom stereocenters. The smallest absolute Gasteiger partial charge is 0.242 e. The van der Waals surface area contributed by atoms with Crippen molar-refractivity contribution >= 4 is 11.6 Å². The van der Waals surface area contributed by atoms with E-state index in [1.54, 1.807) is 20.3 Å². The molecule has 116 valence electrons. The summed E-state index contributed by atoms with van der Waals surface area (Å²) in [5, 5.41) is 0. The predicted octanol–water partition coefficient (Wildman–Crippen LogP) is 2.70. The Bertz CT molecular complexity index is 666. The highest BCUT2D eigenvalue weighted by molar-refractivity contribution is 5.69. The SMILES string of the molecule is C=C(NNc1nc(C)cc(C)n1)c1ccc(OC)cc1OC. The molecule has 0 saturated heterocycles. The summed E-state index contributed by atoms with van der Waals surface area (Å²) in [5.74, 6) is 1.88. The van der Waals surface area contributed by atoms with Crippen LogP contribution in [0.5, 0.6) is 11.5 Å². The number of hydrogen-bond acceptors (Lipinski definition) is 6. The molecule has 0 aliphatic carbocycles. The molecule has 1 aromatic carbocycles. The lowest BCUT2D eigenvalue weighted by Crippen LogP contribution is -2.21. The molecule has 0 aliphatic rings. The maximum atomic E-state index is 5.36. The molecule has 6 heteroatoms. The standard InChI is InChI=1S/C16H20N4O2/c1-10-8-11(2)18-16(17-10)20-19-12(3)14-7-6-13(21-4)9-15(14)22-5/h6-9,19H,3H2,1-2,4-5H3,(H,17,18,20). The molecular formula is C16H20N4O2. The predicted molar refractivity (Wildman–Crippen MR) is 86.8 cm³/mol. The molecule has 2 rings (SSSR count). The topological polar surface area (TPSA) is 68.3 Å². The zero-order chi connectivity index (χ0) is 16.1. The first kappa shape index (κ1) is 15.6. The number of hydrazine groups is 1. The molecule has 1 heterocycles. The van der Waals surface area contributed by atoms with Crippen molar-refractivity contribution in [2.45, 2.75) is 13.8 Å². The van der Waals surface area contributed by atoms with Crippen molar-refractivity contribution in [2.24, 2.45) is 0 Å². The fourth-order valence-corrected chi connectivity index (χ4v) is 2.03. The van der Waals surface area contributed by atoms with Gasteiger partial charge in [-0.2, -0.15) is 0 Å². The monoisotopic (exact) mass is 300 g/mol. The van der Waals surface area contributed by atoms with E-state index in [0.29, 0.717) is 17.4 Å². The van der Waals surface area contributed by atoms with Gasteiger partial charge in [0.2, 0.25) is 5.95 Å². The van der Waals surface area contributed by atoms with Crippen molar-refractivity contribution in [1.29, 1.82) is 0 Å². The van der Waals surface area contributed by atoms with E-state index < -0.39 is 0 Å². The lowest BCUT2D eigenvalue weighted by molar-refractivity contribution is 0.393. The summed E-state index contributed by atoms with van der Waals surface area (Å²) in [6.45, 7) is 7.83. The van der Waals surface area contributed by atoms with Gasteiger partial charge in [-0.1, -0.05) is 6.58 Å². The van der Waals surface area contributed by atoms with Gasteiger partial charge >= 0.3 is 0 Å². The molecule has 0 saturated carbocycles. The van der Waals surface area contributed by atoms with Gasteiger partial charge in [-0.05, 0) is 32.0 Å². The Labute approximate surface area is 130 Å². The average Bonchev–Trinajstić information content (AvgIpc) is 2.51. The van der Waals surface area contributed by atoms with Crippen LogP contribution in [-0.4, -0.2) is 24.2 Å². The second kappa shape index (κ2) is 6.80. The van der Waals surface area contributed by atoms with E-state index in [1.807, 2.05) is 32.0 Å². The van der Waals surface area contributed by atoms with Crippen molar-refractivity contribution in [3.63, 3.8) is 0 Å². The summed E-state index contributed by atoms with van der Waals surface area (Å²) >= 11 is 0. The molecule has 0 radical (unpaired) electrons. The van der Waals surface area contributed by atoms with Gasteiger partial charge in [-0.3, -0.25) is 10.9 Å². The summed E-state index contributed by atoms with van der Waals surface area (Å²) < 4.78 is 10.5. The quantitative estimate of drug-likeness (QED) is 0.800. The fourth-order valence-electron chi connectivity index (χ4n) is 2.03. The number of rotatable bonds is 6. The minimum Gasteiger partial charge on any atom is -0.497 e. The van der Waals surface area contributed by atoms with Crippen molar-refractivity contribution < 1.29 is 9.47 Å². The second-order valence-electron chi connectivity index (χ2n) is 4.77. The number of hydrogen-bond donors (Lipinski definition) is 2. The van der Waals surface area contributed by atoms with Crippen molar-refractivity contribution in [3.8, 4) is 11.5 Å². The van der Waals surface area contributed by atoms with E-state index >= 15 is 0 Å². The lowest BCUT2D eigenvalue weighted by Gasteiger charge is -2.15. The maximum Gasteiger partial charge on any atom is 0.242 e. The van der Waals surface area contributed by atoms with Crippen LogP contribution in [0.3, 0.4) is 0 Å². The number of nitrogens with one attached hydrogen (secondary N) is 2. The number of nitrogens with zero attached hydrogens (tertiary/aromatic N) is 2. The van der Waals surface area contributed by atoms with E-state index in [9.17, 15) is 0 Å². The number of anilines is 1. The van der Waals surface area contributed by atoms with Crippen LogP contribution in [0.15, 0.2) is 30.8 Å². The van der Waals surface area contributed by atoms with E-state index in [-0.39, 0.29) is 0 Å². The maximum absolute atomic E-state index is 5.36. The van der Waals surface area contributed by atoms with Crippen LogP contribution in [-0.2, 0) is 0 Å². The minimum absolute atomic E-state index is 0.492. The molecular weight excluding hydrogens is 280 g/mol.